The van der Waals surface area contributed by atoms with Crippen LogP contribution in [-0.2, 0) is 0 Å². The van der Waals surface area contributed by atoms with E-state index in [4.69, 9.17) is 18.9 Å². The summed E-state index contributed by atoms with van der Waals surface area (Å²) in [5.74, 6) is 2.10. The second-order valence-corrected chi connectivity index (χ2v) is 11.7. The molecule has 2 aromatic carbocycles. The van der Waals surface area contributed by atoms with Crippen LogP contribution in [0.4, 0.5) is 11.4 Å². The molecular weight excluding hydrogens is 572 g/mol. The maximum atomic E-state index is 13.3. The first kappa shape index (κ1) is 30.4. The molecule has 2 aromatic rings. The number of unbranched alkanes of at least 4 members (excludes halogenated alkanes) is 2. The van der Waals surface area contributed by atoms with E-state index >= 15 is 0 Å². The van der Waals surface area contributed by atoms with E-state index in [1.807, 2.05) is 36.1 Å². The van der Waals surface area contributed by atoms with E-state index in [1.165, 1.54) is 11.1 Å². The Balaban J connectivity index is 1.02. The third-order valence-corrected chi connectivity index (χ3v) is 8.93. The van der Waals surface area contributed by atoms with Gasteiger partial charge in [-0.05, 0) is 58.1 Å². The minimum atomic E-state index is -0.0398. The Hall–Kier alpha value is -4.60. The molecule has 2 amide bonds. The zero-order chi connectivity index (χ0) is 31.5. The predicted molar refractivity (Wildman–Crippen MR) is 174 cm³/mol. The molecule has 4 heterocycles. The number of methoxy groups -OCH3 is 2. The summed E-state index contributed by atoms with van der Waals surface area (Å²) < 4.78 is 23.3. The molecule has 6 rings (SSSR count). The van der Waals surface area contributed by atoms with E-state index in [2.05, 4.69) is 22.1 Å². The number of ether oxygens (including phenoxy) is 4. The zero-order valence-electron chi connectivity index (χ0n) is 26.4. The highest BCUT2D eigenvalue weighted by molar-refractivity contribution is 6.04. The Morgan fingerprint density at radius 2 is 1.13 bits per heavy atom. The van der Waals surface area contributed by atoms with Gasteiger partial charge < -0.3 is 28.7 Å². The normalized spacial score (nSPS) is 21.8. The number of carbonyl (C=O) groups is 2. The summed E-state index contributed by atoms with van der Waals surface area (Å²) in [6.45, 7) is 6.23. The first-order valence-electron chi connectivity index (χ1n) is 15.6. The van der Waals surface area contributed by atoms with Crippen molar-refractivity contribution in [2.45, 2.75) is 58.0 Å². The van der Waals surface area contributed by atoms with Crippen molar-refractivity contribution >= 4 is 35.6 Å². The molecule has 10 heteroatoms. The average Bonchev–Trinajstić information content (AvgIpc) is 3.63. The van der Waals surface area contributed by atoms with Crippen molar-refractivity contribution in [2.75, 3.05) is 40.5 Å². The number of carbonyl (C=O) groups excluding carboxylic acids is 2. The summed E-state index contributed by atoms with van der Waals surface area (Å²) in [6, 6.07) is 7.02. The summed E-state index contributed by atoms with van der Waals surface area (Å²) in [7, 11) is 3.15. The number of fused-ring (bicyclic) bond motifs is 4. The molecule has 2 atom stereocenters. The molecule has 1 unspecified atom stereocenters. The first-order chi connectivity index (χ1) is 21.9. The maximum absolute atomic E-state index is 13.3. The molecular formula is C35H40N4O6. The van der Waals surface area contributed by atoms with Crippen molar-refractivity contribution in [2.24, 2.45) is 9.98 Å². The van der Waals surface area contributed by atoms with Gasteiger partial charge in [-0.15, -0.1) is 0 Å². The fourth-order valence-electron chi connectivity index (χ4n) is 6.27. The highest BCUT2D eigenvalue weighted by Crippen LogP contribution is 2.40. The number of benzene rings is 2. The fourth-order valence-corrected chi connectivity index (χ4v) is 6.27. The van der Waals surface area contributed by atoms with Crippen LogP contribution in [0.3, 0.4) is 0 Å². The fraction of sp³-hybridized carbons (Fsp3) is 0.429. The molecule has 0 aromatic heterocycles. The lowest BCUT2D eigenvalue weighted by Gasteiger charge is -2.20. The molecule has 236 valence electrons. The van der Waals surface area contributed by atoms with Crippen molar-refractivity contribution in [3.05, 3.63) is 58.7 Å². The molecule has 45 heavy (non-hydrogen) atoms. The molecule has 0 bridgehead atoms. The van der Waals surface area contributed by atoms with Gasteiger partial charge in [-0.25, -0.2) is 0 Å². The van der Waals surface area contributed by atoms with E-state index in [0.29, 0.717) is 71.8 Å². The molecule has 4 aliphatic heterocycles. The zero-order valence-corrected chi connectivity index (χ0v) is 26.4. The highest BCUT2D eigenvalue weighted by Gasteiger charge is 2.36. The van der Waals surface area contributed by atoms with Crippen molar-refractivity contribution in [1.29, 1.82) is 0 Å². The summed E-state index contributed by atoms with van der Waals surface area (Å²) in [4.78, 5) is 39.6. The molecule has 0 aliphatic carbocycles. The Morgan fingerprint density at radius 1 is 0.689 bits per heavy atom. The lowest BCUT2D eigenvalue weighted by molar-refractivity contribution is 0.0769. The van der Waals surface area contributed by atoms with Crippen LogP contribution in [0.1, 0.15) is 66.7 Å². The molecule has 10 nitrogen and oxygen atoms in total. The lowest BCUT2D eigenvalue weighted by atomic mass is 10.1. The van der Waals surface area contributed by atoms with Gasteiger partial charge in [0.05, 0.1) is 62.0 Å². The monoisotopic (exact) mass is 612 g/mol. The maximum Gasteiger partial charge on any atom is 0.257 e. The van der Waals surface area contributed by atoms with Crippen LogP contribution < -0.4 is 18.9 Å². The van der Waals surface area contributed by atoms with Gasteiger partial charge in [0.15, 0.2) is 23.0 Å². The Morgan fingerprint density at radius 3 is 1.53 bits per heavy atom. The van der Waals surface area contributed by atoms with Gasteiger partial charge in [0.25, 0.3) is 11.8 Å². The number of amides is 2. The van der Waals surface area contributed by atoms with Crippen LogP contribution in [-0.4, -0.2) is 86.6 Å². The van der Waals surface area contributed by atoms with Crippen LogP contribution in [0.15, 0.2) is 57.5 Å². The first-order valence-corrected chi connectivity index (χ1v) is 15.6. The lowest BCUT2D eigenvalue weighted by Crippen LogP contribution is -2.35. The quantitative estimate of drug-likeness (QED) is 0.238. The van der Waals surface area contributed by atoms with Crippen molar-refractivity contribution in [3.63, 3.8) is 0 Å². The average molecular weight is 613 g/mol. The molecule has 4 aliphatic rings. The van der Waals surface area contributed by atoms with E-state index in [1.54, 1.807) is 38.5 Å². The van der Waals surface area contributed by atoms with Crippen LogP contribution >= 0.6 is 0 Å². The summed E-state index contributed by atoms with van der Waals surface area (Å²) in [5, 5.41) is 0. The predicted octanol–water partition coefficient (Wildman–Crippen LogP) is 6.09. The van der Waals surface area contributed by atoms with E-state index < -0.39 is 0 Å². The standard InChI is InChI=1S/C35H40N4O6/c1-5-22-12-24-18-36-28-16-32(30(42-3)14-26(28)34(40)38(24)20-22)44-10-8-7-9-11-45-33-17-29-27(15-31(33)43-4)35(41)39-21-23(6-2)13-25(39)19-37-29/h5-6,14-19,24-25H,7-13,20-21H2,1-4H3/b22-5+,23-6+/t24-,25?/m0/s1. The SMILES string of the molecule is C/C=C1\CC2C=Nc3cc(OCCCCCOc4cc5c(cc4OC)C(=O)N4C/C(=C/C)C[C@H]4C=N5)c(OC)cc3C(=O)N2C1. The number of allylic oxidation sites excluding steroid dienone is 2. The summed E-state index contributed by atoms with van der Waals surface area (Å²) >= 11 is 0. The second-order valence-electron chi connectivity index (χ2n) is 11.7. The van der Waals surface area contributed by atoms with Crippen LogP contribution in [0.5, 0.6) is 23.0 Å². The van der Waals surface area contributed by atoms with Crippen LogP contribution in [0, 0.1) is 0 Å². The Labute approximate surface area is 264 Å². The number of rotatable bonds is 10. The molecule has 2 fully saturated rings. The van der Waals surface area contributed by atoms with E-state index in [9.17, 15) is 9.59 Å². The number of hydrogen-bond donors (Lipinski definition) is 0. The topological polar surface area (TPSA) is 102 Å². The van der Waals surface area contributed by atoms with Gasteiger partial charge in [0.2, 0.25) is 0 Å². The number of aliphatic imine (C=N–C) groups is 2. The molecule has 2 saturated heterocycles. The number of nitrogens with zero attached hydrogens (tertiary/aromatic N) is 4. The molecule has 0 spiro atoms. The van der Waals surface area contributed by atoms with Crippen molar-refractivity contribution in [1.82, 2.24) is 9.80 Å². The van der Waals surface area contributed by atoms with Gasteiger partial charge in [0.1, 0.15) is 0 Å². The highest BCUT2D eigenvalue weighted by atomic mass is 16.5. The van der Waals surface area contributed by atoms with Gasteiger partial charge in [0, 0.05) is 37.7 Å². The van der Waals surface area contributed by atoms with Crippen LogP contribution in [0.25, 0.3) is 0 Å². The van der Waals surface area contributed by atoms with Gasteiger partial charge in [-0.2, -0.15) is 0 Å². The van der Waals surface area contributed by atoms with E-state index in [-0.39, 0.29) is 23.9 Å². The summed E-state index contributed by atoms with van der Waals surface area (Å²) in [6.07, 6.45) is 12.0. The Kier molecular flexibility index (Phi) is 8.91. The Bertz CT molecular complexity index is 1490. The third kappa shape index (κ3) is 6.06. The van der Waals surface area contributed by atoms with Crippen LogP contribution in [0.2, 0.25) is 0 Å². The van der Waals surface area contributed by atoms with Crippen molar-refractivity contribution < 1.29 is 28.5 Å². The van der Waals surface area contributed by atoms with Gasteiger partial charge in [-0.3, -0.25) is 19.6 Å². The van der Waals surface area contributed by atoms with Gasteiger partial charge >= 0.3 is 0 Å². The minimum Gasteiger partial charge on any atom is -0.493 e. The molecule has 0 radical (unpaired) electrons. The number of hydrogen-bond acceptors (Lipinski definition) is 8. The van der Waals surface area contributed by atoms with E-state index in [0.717, 1.165) is 32.1 Å². The smallest absolute Gasteiger partial charge is 0.257 e. The molecule has 0 saturated carbocycles. The summed E-state index contributed by atoms with van der Waals surface area (Å²) in [5.41, 5.74) is 4.74. The minimum absolute atomic E-state index is 0.0286. The van der Waals surface area contributed by atoms with Gasteiger partial charge in [-0.1, -0.05) is 23.3 Å². The largest absolute Gasteiger partial charge is 0.493 e. The molecule has 0 N–H and O–H groups in total. The second kappa shape index (κ2) is 13.2. The third-order valence-electron chi connectivity index (χ3n) is 8.93. The van der Waals surface area contributed by atoms with Crippen molar-refractivity contribution in [3.8, 4) is 23.0 Å².